The van der Waals surface area contributed by atoms with Crippen molar-refractivity contribution in [2.75, 3.05) is 33.2 Å². The lowest BCUT2D eigenvalue weighted by Gasteiger charge is -2.32. The third kappa shape index (κ3) is 6.46. The van der Waals surface area contributed by atoms with E-state index in [2.05, 4.69) is 17.3 Å². The van der Waals surface area contributed by atoms with E-state index in [0.29, 0.717) is 28.6 Å². The number of piperazine rings is 1. The zero-order valence-corrected chi connectivity index (χ0v) is 18.7. The molecule has 0 aromatic heterocycles. The van der Waals surface area contributed by atoms with Gasteiger partial charge in [0.2, 0.25) is 5.91 Å². The molecule has 1 N–H and O–H groups in total. The van der Waals surface area contributed by atoms with Crippen molar-refractivity contribution in [2.24, 2.45) is 0 Å². The predicted octanol–water partition coefficient (Wildman–Crippen LogP) is 4.02. The van der Waals surface area contributed by atoms with Gasteiger partial charge in [-0.05, 0) is 55.3 Å². The maximum absolute atomic E-state index is 12.6. The number of aryl methyl sites for hydroxylation is 1. The van der Waals surface area contributed by atoms with Gasteiger partial charge in [-0.3, -0.25) is 9.59 Å². The Kier molecular flexibility index (Phi) is 8.14. The first-order chi connectivity index (χ1) is 14.4. The predicted molar refractivity (Wildman–Crippen MR) is 121 cm³/mol. The number of hydrogen-bond acceptors (Lipinski definition) is 3. The van der Waals surface area contributed by atoms with E-state index in [0.717, 1.165) is 50.1 Å². The summed E-state index contributed by atoms with van der Waals surface area (Å²) in [5, 5.41) is 4.01. The van der Waals surface area contributed by atoms with Crippen LogP contribution in [0.1, 0.15) is 34.3 Å². The second-order valence-corrected chi connectivity index (χ2v) is 8.49. The number of nitrogens with one attached hydrogen (secondary N) is 1. The summed E-state index contributed by atoms with van der Waals surface area (Å²) in [6.07, 6.45) is 1.95. The van der Waals surface area contributed by atoms with Crippen LogP contribution in [0.2, 0.25) is 10.0 Å². The standard InChI is InChI=1S/C23H27Cl2N3O2/c1-27-11-13-28(14-12-27)23(30)19-8-5-18(6-9-19)16-26-22(29)4-2-3-17-7-10-20(24)21(25)15-17/h5-10,15H,2-4,11-14,16H2,1H3,(H,26,29). The molecular weight excluding hydrogens is 421 g/mol. The molecule has 0 aliphatic carbocycles. The van der Waals surface area contributed by atoms with Gasteiger partial charge in [0.15, 0.2) is 0 Å². The van der Waals surface area contributed by atoms with Crippen LogP contribution in [0.5, 0.6) is 0 Å². The summed E-state index contributed by atoms with van der Waals surface area (Å²) >= 11 is 11.9. The molecule has 2 amide bonds. The van der Waals surface area contributed by atoms with E-state index >= 15 is 0 Å². The maximum Gasteiger partial charge on any atom is 0.253 e. The monoisotopic (exact) mass is 447 g/mol. The van der Waals surface area contributed by atoms with Gasteiger partial charge >= 0.3 is 0 Å². The topological polar surface area (TPSA) is 52.6 Å². The second-order valence-electron chi connectivity index (χ2n) is 7.67. The van der Waals surface area contributed by atoms with Crippen LogP contribution in [0, 0.1) is 0 Å². The first-order valence-corrected chi connectivity index (χ1v) is 11.0. The van der Waals surface area contributed by atoms with E-state index < -0.39 is 0 Å². The number of hydrogen-bond donors (Lipinski definition) is 1. The van der Waals surface area contributed by atoms with Crippen LogP contribution in [0.25, 0.3) is 0 Å². The minimum absolute atomic E-state index is 0.00708. The molecule has 5 nitrogen and oxygen atoms in total. The number of halogens is 2. The molecule has 1 fully saturated rings. The second kappa shape index (κ2) is 10.8. The molecule has 1 aliphatic heterocycles. The Labute approximate surface area is 187 Å². The van der Waals surface area contributed by atoms with Gasteiger partial charge in [0.05, 0.1) is 10.0 Å². The lowest BCUT2D eigenvalue weighted by atomic mass is 10.1. The molecule has 1 saturated heterocycles. The number of likely N-dealkylation sites (N-methyl/N-ethyl adjacent to an activating group) is 1. The molecule has 7 heteroatoms. The molecule has 0 saturated carbocycles. The minimum atomic E-state index is 0.00708. The summed E-state index contributed by atoms with van der Waals surface area (Å²) in [6, 6.07) is 13.0. The number of carbonyl (C=O) groups is 2. The van der Waals surface area contributed by atoms with Gasteiger partial charge < -0.3 is 15.1 Å². The van der Waals surface area contributed by atoms with E-state index in [4.69, 9.17) is 23.2 Å². The fourth-order valence-electron chi connectivity index (χ4n) is 3.39. The van der Waals surface area contributed by atoms with Crippen molar-refractivity contribution in [3.8, 4) is 0 Å². The van der Waals surface area contributed by atoms with Gasteiger partial charge in [-0.25, -0.2) is 0 Å². The molecule has 160 valence electrons. The number of amides is 2. The first-order valence-electron chi connectivity index (χ1n) is 10.2. The van der Waals surface area contributed by atoms with Crippen LogP contribution in [0.4, 0.5) is 0 Å². The summed E-state index contributed by atoms with van der Waals surface area (Å²) in [4.78, 5) is 28.8. The molecule has 0 atom stereocenters. The highest BCUT2D eigenvalue weighted by Crippen LogP contribution is 2.23. The Hall–Kier alpha value is -2.08. The highest BCUT2D eigenvalue weighted by Gasteiger charge is 2.20. The molecule has 2 aromatic rings. The van der Waals surface area contributed by atoms with Crippen LogP contribution in [0.3, 0.4) is 0 Å². The van der Waals surface area contributed by atoms with Gasteiger partial charge in [-0.2, -0.15) is 0 Å². The number of benzene rings is 2. The normalized spacial score (nSPS) is 14.6. The Bertz CT molecular complexity index is 879. The van der Waals surface area contributed by atoms with Crippen molar-refractivity contribution >= 4 is 35.0 Å². The van der Waals surface area contributed by atoms with Crippen molar-refractivity contribution in [3.63, 3.8) is 0 Å². The van der Waals surface area contributed by atoms with Crippen LogP contribution in [0.15, 0.2) is 42.5 Å². The Morgan fingerprint density at radius 3 is 2.27 bits per heavy atom. The molecule has 0 unspecified atom stereocenters. The van der Waals surface area contributed by atoms with Crippen LogP contribution in [-0.2, 0) is 17.8 Å². The zero-order chi connectivity index (χ0) is 21.5. The quantitative estimate of drug-likeness (QED) is 0.696. The first kappa shape index (κ1) is 22.6. The van der Waals surface area contributed by atoms with E-state index in [1.54, 1.807) is 6.07 Å². The van der Waals surface area contributed by atoms with E-state index in [1.165, 1.54) is 0 Å². The third-order valence-electron chi connectivity index (χ3n) is 5.33. The van der Waals surface area contributed by atoms with Gasteiger partial charge in [0.1, 0.15) is 0 Å². The molecule has 1 heterocycles. The van der Waals surface area contributed by atoms with Crippen molar-refractivity contribution in [3.05, 3.63) is 69.2 Å². The van der Waals surface area contributed by atoms with Crippen LogP contribution >= 0.6 is 23.2 Å². The summed E-state index contributed by atoms with van der Waals surface area (Å²) < 4.78 is 0. The lowest BCUT2D eigenvalue weighted by molar-refractivity contribution is -0.121. The SMILES string of the molecule is CN1CCN(C(=O)c2ccc(CNC(=O)CCCc3ccc(Cl)c(Cl)c3)cc2)CC1. The fraction of sp³-hybridized carbons (Fsp3) is 0.391. The van der Waals surface area contributed by atoms with Gasteiger partial charge in [-0.15, -0.1) is 0 Å². The summed E-state index contributed by atoms with van der Waals surface area (Å²) in [7, 11) is 2.07. The molecule has 0 bridgehead atoms. The van der Waals surface area contributed by atoms with E-state index in [1.807, 2.05) is 41.3 Å². The van der Waals surface area contributed by atoms with Gasteiger partial charge in [-0.1, -0.05) is 41.4 Å². The number of rotatable bonds is 7. The third-order valence-corrected chi connectivity index (χ3v) is 6.07. The van der Waals surface area contributed by atoms with Crippen molar-refractivity contribution in [2.45, 2.75) is 25.8 Å². The maximum atomic E-state index is 12.6. The molecule has 30 heavy (non-hydrogen) atoms. The van der Waals surface area contributed by atoms with Crippen molar-refractivity contribution in [1.82, 2.24) is 15.1 Å². The van der Waals surface area contributed by atoms with Crippen molar-refractivity contribution in [1.29, 1.82) is 0 Å². The molecule has 3 rings (SSSR count). The van der Waals surface area contributed by atoms with Crippen LogP contribution < -0.4 is 5.32 Å². The smallest absolute Gasteiger partial charge is 0.253 e. The molecule has 0 radical (unpaired) electrons. The van der Waals surface area contributed by atoms with Crippen LogP contribution in [-0.4, -0.2) is 54.8 Å². The number of nitrogens with zero attached hydrogens (tertiary/aromatic N) is 2. The lowest BCUT2D eigenvalue weighted by Crippen LogP contribution is -2.47. The highest BCUT2D eigenvalue weighted by molar-refractivity contribution is 6.42. The highest BCUT2D eigenvalue weighted by atomic mass is 35.5. The van der Waals surface area contributed by atoms with Gasteiger partial charge in [0, 0.05) is 44.7 Å². The summed E-state index contributed by atoms with van der Waals surface area (Å²) in [5.74, 6) is 0.0774. The molecule has 1 aliphatic rings. The van der Waals surface area contributed by atoms with E-state index in [-0.39, 0.29) is 11.8 Å². The fourth-order valence-corrected chi connectivity index (χ4v) is 3.72. The minimum Gasteiger partial charge on any atom is -0.352 e. The number of carbonyl (C=O) groups excluding carboxylic acids is 2. The van der Waals surface area contributed by atoms with Gasteiger partial charge in [0.25, 0.3) is 5.91 Å². The summed E-state index contributed by atoms with van der Waals surface area (Å²) in [5.41, 5.74) is 2.73. The zero-order valence-electron chi connectivity index (χ0n) is 17.2. The largest absolute Gasteiger partial charge is 0.352 e. The molecular formula is C23H27Cl2N3O2. The summed E-state index contributed by atoms with van der Waals surface area (Å²) in [6.45, 7) is 3.78. The molecule has 0 spiro atoms. The van der Waals surface area contributed by atoms with Crippen molar-refractivity contribution < 1.29 is 9.59 Å². The Morgan fingerprint density at radius 1 is 0.933 bits per heavy atom. The Balaban J connectivity index is 1.40. The molecule has 2 aromatic carbocycles. The average Bonchev–Trinajstić information content (AvgIpc) is 2.75. The average molecular weight is 448 g/mol. The Morgan fingerprint density at radius 2 is 1.60 bits per heavy atom. The van der Waals surface area contributed by atoms with E-state index in [9.17, 15) is 9.59 Å².